The molecule has 1 aromatic heterocycles. The smallest absolute Gasteiger partial charge is 0.123 e. The van der Waals surface area contributed by atoms with Crippen LogP contribution in [0.15, 0.2) is 36.4 Å². The van der Waals surface area contributed by atoms with Gasteiger partial charge in [-0.2, -0.15) is 0 Å². The predicted molar refractivity (Wildman–Crippen MR) is 63.2 cm³/mol. The van der Waals surface area contributed by atoms with Crippen molar-refractivity contribution < 1.29 is 0 Å². The highest BCUT2D eigenvalue weighted by Gasteiger charge is 2.02. The summed E-state index contributed by atoms with van der Waals surface area (Å²) in [5.41, 5.74) is 15.1. The maximum absolute atomic E-state index is 5.63. The molecule has 0 fully saturated rings. The van der Waals surface area contributed by atoms with Crippen LogP contribution in [0.4, 0.5) is 11.5 Å². The molecule has 2 aromatic rings. The second kappa shape index (κ2) is 3.61. The summed E-state index contributed by atoms with van der Waals surface area (Å²) in [7, 11) is 0. The maximum Gasteiger partial charge on any atom is 0.123 e. The third-order valence-electron chi connectivity index (χ3n) is 2.33. The van der Waals surface area contributed by atoms with Crippen molar-refractivity contribution in [2.24, 2.45) is 0 Å². The normalized spacial score (nSPS) is 10.2. The topological polar surface area (TPSA) is 64.9 Å². The van der Waals surface area contributed by atoms with E-state index in [1.807, 2.05) is 37.3 Å². The van der Waals surface area contributed by atoms with Crippen LogP contribution >= 0.6 is 0 Å². The Morgan fingerprint density at radius 2 is 1.60 bits per heavy atom. The lowest BCUT2D eigenvalue weighted by molar-refractivity contribution is 1.21. The largest absolute Gasteiger partial charge is 0.399 e. The summed E-state index contributed by atoms with van der Waals surface area (Å²) < 4.78 is 0. The minimum absolute atomic E-state index is 0.548. The number of rotatable bonds is 1. The van der Waals surface area contributed by atoms with Crippen LogP contribution < -0.4 is 11.5 Å². The van der Waals surface area contributed by atoms with E-state index < -0.39 is 0 Å². The third-order valence-corrected chi connectivity index (χ3v) is 2.33. The van der Waals surface area contributed by atoms with Crippen molar-refractivity contribution in [3.8, 4) is 11.1 Å². The number of nitrogen functional groups attached to an aromatic ring is 2. The average molecular weight is 199 g/mol. The SMILES string of the molecule is Cc1nc(N)ccc1-c1ccc(N)cc1. The number of anilines is 2. The van der Waals surface area contributed by atoms with Gasteiger partial charge in [-0.1, -0.05) is 12.1 Å². The molecule has 0 spiro atoms. The van der Waals surface area contributed by atoms with Gasteiger partial charge < -0.3 is 11.5 Å². The zero-order chi connectivity index (χ0) is 10.8. The molecule has 4 N–H and O–H groups in total. The molecular weight excluding hydrogens is 186 g/mol. The summed E-state index contributed by atoms with van der Waals surface area (Å²) in [5.74, 6) is 0.548. The van der Waals surface area contributed by atoms with E-state index in [0.717, 1.165) is 22.5 Å². The molecule has 76 valence electrons. The first kappa shape index (κ1) is 9.52. The molecule has 0 bridgehead atoms. The van der Waals surface area contributed by atoms with E-state index in [-0.39, 0.29) is 0 Å². The Morgan fingerprint density at radius 1 is 0.933 bits per heavy atom. The molecule has 2 rings (SSSR count). The summed E-state index contributed by atoms with van der Waals surface area (Å²) in [6.07, 6.45) is 0. The van der Waals surface area contributed by atoms with Crippen molar-refractivity contribution in [1.29, 1.82) is 0 Å². The van der Waals surface area contributed by atoms with Gasteiger partial charge in [-0.25, -0.2) is 4.98 Å². The molecule has 0 saturated carbocycles. The van der Waals surface area contributed by atoms with E-state index in [1.54, 1.807) is 6.07 Å². The number of pyridine rings is 1. The van der Waals surface area contributed by atoms with Crippen LogP contribution in [0.1, 0.15) is 5.69 Å². The lowest BCUT2D eigenvalue weighted by atomic mass is 10.0. The van der Waals surface area contributed by atoms with E-state index >= 15 is 0 Å². The van der Waals surface area contributed by atoms with Crippen molar-refractivity contribution in [2.45, 2.75) is 6.92 Å². The minimum Gasteiger partial charge on any atom is -0.399 e. The van der Waals surface area contributed by atoms with Gasteiger partial charge in [0, 0.05) is 16.9 Å². The standard InChI is InChI=1S/C12H13N3/c1-8-11(6-7-12(14)15-8)9-2-4-10(13)5-3-9/h2-7H,13H2,1H3,(H2,14,15). The molecule has 15 heavy (non-hydrogen) atoms. The fourth-order valence-electron chi connectivity index (χ4n) is 1.55. The molecule has 1 aromatic carbocycles. The second-order valence-corrected chi connectivity index (χ2v) is 3.49. The Hall–Kier alpha value is -2.03. The molecule has 0 saturated heterocycles. The first-order valence-corrected chi connectivity index (χ1v) is 4.76. The van der Waals surface area contributed by atoms with Gasteiger partial charge in [0.15, 0.2) is 0 Å². The molecule has 0 aliphatic rings. The van der Waals surface area contributed by atoms with Gasteiger partial charge in [0.1, 0.15) is 5.82 Å². The van der Waals surface area contributed by atoms with E-state index in [0.29, 0.717) is 5.82 Å². The molecule has 0 unspecified atom stereocenters. The van der Waals surface area contributed by atoms with Gasteiger partial charge in [0.2, 0.25) is 0 Å². The number of nitrogens with two attached hydrogens (primary N) is 2. The van der Waals surface area contributed by atoms with Gasteiger partial charge >= 0.3 is 0 Å². The van der Waals surface area contributed by atoms with E-state index in [1.165, 1.54) is 0 Å². The van der Waals surface area contributed by atoms with Crippen molar-refractivity contribution in [3.63, 3.8) is 0 Å². The lowest BCUT2D eigenvalue weighted by Crippen LogP contribution is -1.94. The van der Waals surface area contributed by atoms with Crippen molar-refractivity contribution in [3.05, 3.63) is 42.1 Å². The summed E-state index contributed by atoms with van der Waals surface area (Å²) in [4.78, 5) is 4.22. The highest BCUT2D eigenvalue weighted by Crippen LogP contribution is 2.23. The molecule has 0 amide bonds. The van der Waals surface area contributed by atoms with Crippen LogP contribution in [0, 0.1) is 6.92 Å². The number of nitrogens with zero attached hydrogens (tertiary/aromatic N) is 1. The molecule has 0 aliphatic heterocycles. The van der Waals surface area contributed by atoms with Gasteiger partial charge in [0.05, 0.1) is 0 Å². The molecule has 3 heteroatoms. The average Bonchev–Trinajstić information content (AvgIpc) is 2.20. The minimum atomic E-state index is 0.548. The second-order valence-electron chi connectivity index (χ2n) is 3.49. The summed E-state index contributed by atoms with van der Waals surface area (Å²) in [6.45, 7) is 1.95. The van der Waals surface area contributed by atoms with Gasteiger partial charge in [-0.3, -0.25) is 0 Å². The molecule has 3 nitrogen and oxygen atoms in total. The quantitative estimate of drug-likeness (QED) is 0.692. The van der Waals surface area contributed by atoms with Crippen molar-refractivity contribution in [1.82, 2.24) is 4.98 Å². The molecule has 0 atom stereocenters. The van der Waals surface area contributed by atoms with Crippen LogP contribution in [0.25, 0.3) is 11.1 Å². The monoisotopic (exact) mass is 199 g/mol. The summed E-state index contributed by atoms with van der Waals surface area (Å²) >= 11 is 0. The van der Waals surface area contributed by atoms with E-state index in [4.69, 9.17) is 11.5 Å². The Bertz CT molecular complexity index is 475. The Labute approximate surface area is 88.8 Å². The van der Waals surface area contributed by atoms with Crippen molar-refractivity contribution >= 4 is 11.5 Å². The summed E-state index contributed by atoms with van der Waals surface area (Å²) in [5, 5.41) is 0. The highest BCUT2D eigenvalue weighted by atomic mass is 14.8. The Kier molecular flexibility index (Phi) is 2.29. The Balaban J connectivity index is 2.49. The van der Waals surface area contributed by atoms with Gasteiger partial charge in [-0.15, -0.1) is 0 Å². The zero-order valence-corrected chi connectivity index (χ0v) is 8.57. The number of hydrogen-bond donors (Lipinski definition) is 2. The van der Waals surface area contributed by atoms with Gasteiger partial charge in [-0.05, 0) is 36.8 Å². The molecule has 0 radical (unpaired) electrons. The number of aryl methyl sites for hydroxylation is 1. The maximum atomic E-state index is 5.63. The van der Waals surface area contributed by atoms with Crippen LogP contribution in [0.5, 0.6) is 0 Å². The van der Waals surface area contributed by atoms with Crippen LogP contribution in [-0.4, -0.2) is 4.98 Å². The lowest BCUT2D eigenvalue weighted by Gasteiger charge is -2.06. The van der Waals surface area contributed by atoms with Crippen LogP contribution in [0.2, 0.25) is 0 Å². The number of benzene rings is 1. The van der Waals surface area contributed by atoms with Gasteiger partial charge in [0.25, 0.3) is 0 Å². The van der Waals surface area contributed by atoms with Crippen LogP contribution in [-0.2, 0) is 0 Å². The van der Waals surface area contributed by atoms with Crippen molar-refractivity contribution in [2.75, 3.05) is 11.5 Å². The first-order valence-electron chi connectivity index (χ1n) is 4.76. The van der Waals surface area contributed by atoms with E-state index in [9.17, 15) is 0 Å². The fourth-order valence-corrected chi connectivity index (χ4v) is 1.55. The zero-order valence-electron chi connectivity index (χ0n) is 8.57. The van der Waals surface area contributed by atoms with E-state index in [2.05, 4.69) is 4.98 Å². The molecule has 1 heterocycles. The first-order chi connectivity index (χ1) is 7.16. The molecular formula is C12H13N3. The van der Waals surface area contributed by atoms with Crippen LogP contribution in [0.3, 0.4) is 0 Å². The Morgan fingerprint density at radius 3 is 2.20 bits per heavy atom. The number of hydrogen-bond acceptors (Lipinski definition) is 3. The fraction of sp³-hybridized carbons (Fsp3) is 0.0833. The third kappa shape index (κ3) is 1.91. The highest BCUT2D eigenvalue weighted by molar-refractivity contribution is 5.68. The predicted octanol–water partition coefficient (Wildman–Crippen LogP) is 2.22. The molecule has 0 aliphatic carbocycles. The summed E-state index contributed by atoms with van der Waals surface area (Å²) in [6, 6.07) is 11.5. The number of aromatic nitrogens is 1.